The van der Waals surface area contributed by atoms with Crippen molar-refractivity contribution in [3.05, 3.63) is 218 Å². The van der Waals surface area contributed by atoms with Crippen LogP contribution in [0.25, 0.3) is 0 Å². The lowest BCUT2D eigenvalue weighted by Gasteiger charge is -2.17. The second-order valence-corrected chi connectivity index (χ2v) is 21.4. The maximum absolute atomic E-state index is 14.3. The van der Waals surface area contributed by atoms with Crippen molar-refractivity contribution in [2.45, 2.75) is 14.9 Å². The fraction of sp³-hybridized carbons (Fsp3) is 0.246. The molecule has 0 saturated carbocycles. The molecular formula is C57H66B3F3I3N12O16. The summed E-state index contributed by atoms with van der Waals surface area (Å²) < 4.78 is 64.8. The molecule has 501 valence electrons. The zero-order valence-electron chi connectivity index (χ0n) is 49.7. The van der Waals surface area contributed by atoms with Gasteiger partial charge in [0.15, 0.2) is 5.56 Å². The van der Waals surface area contributed by atoms with Crippen LogP contribution in [0.1, 0.15) is 45.9 Å². The van der Waals surface area contributed by atoms with Crippen LogP contribution in [0.15, 0.2) is 139 Å². The molecule has 0 bridgehead atoms. The number of carbonyl (C=O) groups is 3. The predicted octanol–water partition coefficient (Wildman–Crippen LogP) is 4.57. The first-order valence-electron chi connectivity index (χ1n) is 26.0. The van der Waals surface area contributed by atoms with Crippen molar-refractivity contribution >= 4 is 143 Å². The van der Waals surface area contributed by atoms with Crippen LogP contribution in [0.5, 0.6) is 5.75 Å². The monoisotopic (exact) mass is 1650 g/mol. The van der Waals surface area contributed by atoms with Gasteiger partial charge in [-0.3, -0.25) is 61.1 Å². The van der Waals surface area contributed by atoms with E-state index in [9.17, 15) is 56.3 Å². The Hall–Kier alpha value is -8.22. The Kier molecular flexibility index (Phi) is 37.6. The number of aliphatic hydroxyl groups is 1. The van der Waals surface area contributed by atoms with Gasteiger partial charge in [-0.15, -0.1) is 0 Å². The highest BCUT2D eigenvalue weighted by Gasteiger charge is 2.27. The maximum atomic E-state index is 14.3. The number of hydrogen-bond donors (Lipinski definition) is 7. The Balaban J connectivity index is 0.000000650. The number of anilines is 6. The zero-order valence-corrected chi connectivity index (χ0v) is 56.2. The average molecular weight is 1650 g/mol. The van der Waals surface area contributed by atoms with Crippen molar-refractivity contribution in [1.29, 1.82) is 0 Å². The van der Waals surface area contributed by atoms with Gasteiger partial charge in [0.25, 0.3) is 28.5 Å². The van der Waals surface area contributed by atoms with E-state index in [1.165, 1.54) is 91.2 Å². The first-order valence-corrected chi connectivity index (χ1v) is 29.2. The molecule has 0 atom stereocenters. The molecule has 7 aromatic rings. The molecule has 0 aliphatic carbocycles. The van der Waals surface area contributed by atoms with Gasteiger partial charge < -0.3 is 40.1 Å². The number of hydroxylamine groups is 2. The lowest BCUT2D eigenvalue weighted by molar-refractivity contribution is 0.0143. The summed E-state index contributed by atoms with van der Waals surface area (Å²) in [5.41, 5.74) is -1.81. The van der Waals surface area contributed by atoms with Crippen LogP contribution in [-0.2, 0) is 66.3 Å². The van der Waals surface area contributed by atoms with Crippen molar-refractivity contribution in [3.63, 3.8) is 0 Å². The van der Waals surface area contributed by atoms with E-state index in [1.54, 1.807) is 48.5 Å². The number of amides is 2. The molecule has 0 aliphatic rings. The highest BCUT2D eigenvalue weighted by molar-refractivity contribution is 14.1. The van der Waals surface area contributed by atoms with E-state index in [2.05, 4.69) is 65.5 Å². The molecule has 94 heavy (non-hydrogen) atoms. The molecule has 0 fully saturated rings. The summed E-state index contributed by atoms with van der Waals surface area (Å²) in [5.74, 6) is -0.257. The number of carbonyl (C=O) groups excluding carboxylic acids is 3. The molecule has 3 aromatic heterocycles. The van der Waals surface area contributed by atoms with Gasteiger partial charge in [-0.1, -0.05) is 46.2 Å². The van der Waals surface area contributed by atoms with Crippen molar-refractivity contribution in [2.75, 3.05) is 55.6 Å². The van der Waals surface area contributed by atoms with E-state index in [0.717, 1.165) is 34.5 Å². The van der Waals surface area contributed by atoms with E-state index in [0.29, 0.717) is 23.9 Å². The molecule has 0 saturated heterocycles. The summed E-state index contributed by atoms with van der Waals surface area (Å²) in [5, 5.41) is 16.6. The summed E-state index contributed by atoms with van der Waals surface area (Å²) in [6, 6.07) is 21.2. The Morgan fingerprint density at radius 2 is 0.872 bits per heavy atom. The standard InChI is InChI=1S/C19H15FIN3O4.C17H18FIN4O5.C15H16FIN4O5.C4H9NO2.2CH4.B3/c1-23-16(22-14-9-8-11(21)10-13(14)20)15(17(25)24(2)19(23)27)18(26)28-12-6-4-3-5-7-12;1-4-27-7-8-28-21-15(24)13-14(22(2)17(26)23(3)16(13)25)20-12-6-5-10(19)9-11(12)18;1-20-12(18-10-4-3-8(17)7-9(10)16)11(13(23)19-26-6-5-22)14(24)21(2)15(20)25;1-2-6-3-4-7-5;;;1-3-2/h3-10,22H,1-2H3;4-6,9,20H,1,7-8H2,2-3H3,(H,21,24);3-4,7,18,22H,5-6H2,1-2H3,(H,19,23);2H,1,3-5H2;2*1H4;. The van der Waals surface area contributed by atoms with Crippen LogP contribution in [0.3, 0.4) is 0 Å². The predicted molar refractivity (Wildman–Crippen MR) is 376 cm³/mol. The fourth-order valence-electron chi connectivity index (χ4n) is 7.10. The molecule has 0 spiro atoms. The SMILES string of the molecule is C.C.C=COCCON.C=COCCONC(=O)c1c(Nc2ccc(I)cc2F)n(C)c(=O)n(C)c1=O.Cn1c(Nc2ccc(I)cc2F)c(C(=O)NOCCO)c(=O)n(C)c1=O.Cn1c(Nc2ccc(I)cc2F)c(C(=O)Oc2ccccc2)c(=O)n(C)c1=O.[B][B][B]. The van der Waals surface area contributed by atoms with Crippen LogP contribution in [0.4, 0.5) is 47.7 Å². The second-order valence-electron chi connectivity index (χ2n) is 17.7. The fourth-order valence-corrected chi connectivity index (χ4v) is 8.46. The van der Waals surface area contributed by atoms with Crippen LogP contribution >= 0.6 is 67.8 Å². The van der Waals surface area contributed by atoms with E-state index in [4.69, 9.17) is 24.3 Å². The first-order chi connectivity index (χ1) is 43.7. The number of nitrogens with two attached hydrogens (primary N) is 1. The Labute approximate surface area is 580 Å². The third-order valence-electron chi connectivity index (χ3n) is 11.5. The number of rotatable bonds is 22. The third kappa shape index (κ3) is 24.0. The van der Waals surface area contributed by atoms with Crippen LogP contribution in [0, 0.1) is 28.2 Å². The quantitative estimate of drug-likeness (QED) is 0.00929. The number of hydrogen-bond acceptors (Lipinski definition) is 20. The molecule has 4 aromatic carbocycles. The van der Waals surface area contributed by atoms with E-state index in [-0.39, 0.29) is 81.5 Å². The summed E-state index contributed by atoms with van der Waals surface area (Å²) in [6.45, 7) is 7.16. The van der Waals surface area contributed by atoms with Gasteiger partial charge in [-0.25, -0.2) is 49.2 Å². The largest absolute Gasteiger partial charge is 0.499 e. The van der Waals surface area contributed by atoms with Crippen LogP contribution < -0.4 is 71.3 Å². The van der Waals surface area contributed by atoms with Crippen LogP contribution in [0.2, 0.25) is 0 Å². The molecule has 8 N–H and O–H groups in total. The average Bonchev–Trinajstić information content (AvgIpc) is 0.794. The Morgan fingerprint density at radius 1 is 0.543 bits per heavy atom. The maximum Gasteiger partial charge on any atom is 0.352 e. The molecule has 3 heterocycles. The number of esters is 1. The summed E-state index contributed by atoms with van der Waals surface area (Å²) in [4.78, 5) is 126. The van der Waals surface area contributed by atoms with Crippen molar-refractivity contribution in [3.8, 4) is 5.75 Å². The summed E-state index contributed by atoms with van der Waals surface area (Å²) in [7, 11) is 17.7. The highest BCUT2D eigenvalue weighted by atomic mass is 127. The lowest BCUT2D eigenvalue weighted by Crippen LogP contribution is -2.43. The van der Waals surface area contributed by atoms with Crippen molar-refractivity contribution in [2.24, 2.45) is 48.2 Å². The first kappa shape index (κ1) is 83.8. The number of ether oxygens (including phenoxy) is 3. The third-order valence-corrected chi connectivity index (χ3v) is 13.6. The number of halogens is 6. The molecule has 7 rings (SSSR count). The van der Waals surface area contributed by atoms with E-state index < -0.39 is 85.7 Å². The van der Waals surface area contributed by atoms with Crippen molar-refractivity contribution < 1.29 is 61.4 Å². The van der Waals surface area contributed by atoms with Gasteiger partial charge in [0.1, 0.15) is 78.2 Å². The summed E-state index contributed by atoms with van der Waals surface area (Å²) in [6.07, 6.45) is 2.56. The molecule has 2 amide bonds. The Morgan fingerprint density at radius 3 is 1.20 bits per heavy atom. The summed E-state index contributed by atoms with van der Waals surface area (Å²) >= 11 is 5.83. The Bertz CT molecular complexity index is 4120. The van der Waals surface area contributed by atoms with Gasteiger partial charge in [-0.05, 0) is 135 Å². The van der Waals surface area contributed by atoms with Crippen LogP contribution in [-0.4, -0.2) is 112 Å². The molecule has 5 radical (unpaired) electrons. The number of aromatic nitrogens is 6. The van der Waals surface area contributed by atoms with E-state index >= 15 is 0 Å². The number of benzene rings is 4. The lowest BCUT2D eigenvalue weighted by atomic mass is 9.40. The minimum Gasteiger partial charge on any atom is -0.499 e. The van der Waals surface area contributed by atoms with Gasteiger partial charge >= 0.3 is 23.0 Å². The van der Waals surface area contributed by atoms with E-state index in [1.807, 2.05) is 73.3 Å². The van der Waals surface area contributed by atoms with Gasteiger partial charge in [-0.2, -0.15) is 0 Å². The van der Waals surface area contributed by atoms with Gasteiger partial charge in [0.05, 0.1) is 42.8 Å². The smallest absolute Gasteiger partial charge is 0.352 e. The highest BCUT2D eigenvalue weighted by Crippen LogP contribution is 2.26. The number of aliphatic hydroxyl groups excluding tert-OH is 1. The minimum absolute atomic E-state index is 0. The molecule has 28 nitrogen and oxygen atoms in total. The van der Waals surface area contributed by atoms with Gasteiger partial charge in [0, 0.05) is 75.5 Å². The van der Waals surface area contributed by atoms with Crippen molar-refractivity contribution in [1.82, 2.24) is 38.4 Å². The van der Waals surface area contributed by atoms with Gasteiger partial charge in [0.2, 0.25) is 0 Å². The normalized spacial score (nSPS) is 9.94. The number of nitrogens with zero attached hydrogens (tertiary/aromatic N) is 6. The molecular weight excluding hydrogens is 1580 g/mol. The second kappa shape index (κ2) is 42.2. The minimum atomic E-state index is -0.962. The molecule has 0 aliphatic heterocycles. The molecule has 0 unspecified atom stereocenters. The zero-order chi connectivity index (χ0) is 68.9. The number of nitrogens with one attached hydrogen (secondary N) is 5. The molecule has 37 heteroatoms. The number of para-hydroxylation sites is 1. The topological polar surface area (TPSA) is 345 Å².